The maximum Gasteiger partial charge on any atom is 0.140 e. The molecule has 2 rings (SSSR count). The molecule has 5 heteroatoms. The van der Waals surface area contributed by atoms with Crippen LogP contribution < -0.4 is 5.32 Å². The van der Waals surface area contributed by atoms with Crippen molar-refractivity contribution in [2.45, 2.75) is 26.6 Å². The minimum Gasteiger partial charge on any atom is -0.508 e. The normalized spacial score (nSPS) is 10.6. The van der Waals surface area contributed by atoms with E-state index in [1.54, 1.807) is 12.4 Å². The number of nitrogens with zero attached hydrogens (tertiary/aromatic N) is 3. The lowest BCUT2D eigenvalue weighted by atomic mass is 10.2. The van der Waals surface area contributed by atoms with Crippen molar-refractivity contribution in [2.24, 2.45) is 0 Å². The van der Waals surface area contributed by atoms with Crippen LogP contribution in [0.25, 0.3) is 0 Å². The van der Waals surface area contributed by atoms with Gasteiger partial charge in [-0.05, 0) is 13.0 Å². The Bertz CT molecular complexity index is 481. The molecule has 0 fully saturated rings. The fraction of sp³-hybridized carbons (Fsp3) is 0.333. The van der Waals surface area contributed by atoms with Gasteiger partial charge in [0.25, 0.3) is 0 Å². The summed E-state index contributed by atoms with van der Waals surface area (Å²) in [7, 11) is 0. The van der Waals surface area contributed by atoms with Crippen LogP contribution >= 0.6 is 0 Å². The summed E-state index contributed by atoms with van der Waals surface area (Å²) >= 11 is 0. The van der Waals surface area contributed by atoms with Gasteiger partial charge >= 0.3 is 0 Å². The highest BCUT2D eigenvalue weighted by Crippen LogP contribution is 2.14. The molecule has 2 N–H and O–H groups in total. The molecule has 17 heavy (non-hydrogen) atoms. The van der Waals surface area contributed by atoms with Crippen LogP contribution in [0.4, 0.5) is 0 Å². The maximum atomic E-state index is 9.60. The van der Waals surface area contributed by atoms with Crippen LogP contribution in [0.3, 0.4) is 0 Å². The quantitative estimate of drug-likeness (QED) is 0.815. The molecule has 0 saturated carbocycles. The Hall–Kier alpha value is -1.88. The standard InChI is InChI=1S/C12H16N4O/c1-2-16-12(14-9-15-16)8-13-7-10-5-3-4-6-11(10)17/h3-6,9,13,17H,2,7-8H2,1H3. The van der Waals surface area contributed by atoms with Crippen LogP contribution in [-0.4, -0.2) is 19.9 Å². The van der Waals surface area contributed by atoms with E-state index < -0.39 is 0 Å². The third-order valence-electron chi connectivity index (χ3n) is 2.59. The predicted molar refractivity (Wildman–Crippen MR) is 64.3 cm³/mol. The van der Waals surface area contributed by atoms with Gasteiger partial charge in [-0.25, -0.2) is 9.67 Å². The van der Waals surface area contributed by atoms with Crippen molar-refractivity contribution in [2.75, 3.05) is 0 Å². The molecule has 0 amide bonds. The highest BCUT2D eigenvalue weighted by atomic mass is 16.3. The van der Waals surface area contributed by atoms with Crippen molar-refractivity contribution >= 4 is 0 Å². The number of nitrogens with one attached hydrogen (secondary N) is 1. The summed E-state index contributed by atoms with van der Waals surface area (Å²) in [6.45, 7) is 4.10. The van der Waals surface area contributed by atoms with E-state index in [2.05, 4.69) is 15.4 Å². The zero-order valence-corrected chi connectivity index (χ0v) is 9.80. The predicted octanol–water partition coefficient (Wildman–Crippen LogP) is 1.29. The number of phenolic OH excluding ortho intramolecular Hbond substituents is 1. The van der Waals surface area contributed by atoms with Crippen molar-refractivity contribution in [3.63, 3.8) is 0 Å². The molecule has 0 saturated heterocycles. The first-order valence-electron chi connectivity index (χ1n) is 5.65. The van der Waals surface area contributed by atoms with E-state index in [4.69, 9.17) is 0 Å². The van der Waals surface area contributed by atoms with E-state index in [-0.39, 0.29) is 0 Å². The van der Waals surface area contributed by atoms with Gasteiger partial charge in [-0.2, -0.15) is 5.10 Å². The molecular weight excluding hydrogens is 216 g/mol. The highest BCUT2D eigenvalue weighted by Gasteiger charge is 2.03. The van der Waals surface area contributed by atoms with Crippen LogP contribution in [0.15, 0.2) is 30.6 Å². The molecule has 2 aromatic rings. The number of benzene rings is 1. The lowest BCUT2D eigenvalue weighted by Gasteiger charge is -2.06. The molecule has 1 aromatic heterocycles. The number of hydrogen-bond acceptors (Lipinski definition) is 4. The second-order valence-corrected chi connectivity index (χ2v) is 3.72. The molecule has 0 aliphatic rings. The lowest BCUT2D eigenvalue weighted by molar-refractivity contribution is 0.463. The van der Waals surface area contributed by atoms with Gasteiger partial charge in [0.2, 0.25) is 0 Å². The fourth-order valence-electron chi connectivity index (χ4n) is 1.66. The summed E-state index contributed by atoms with van der Waals surface area (Å²) in [6.07, 6.45) is 1.56. The molecular formula is C12H16N4O. The first-order chi connectivity index (χ1) is 8.31. The minimum absolute atomic E-state index is 0.317. The van der Waals surface area contributed by atoms with Crippen LogP contribution in [0.5, 0.6) is 5.75 Å². The molecule has 0 unspecified atom stereocenters. The molecule has 1 heterocycles. The Kier molecular flexibility index (Phi) is 3.72. The third kappa shape index (κ3) is 2.82. The summed E-state index contributed by atoms with van der Waals surface area (Å²) in [6, 6.07) is 7.30. The van der Waals surface area contributed by atoms with Crippen LogP contribution in [0.1, 0.15) is 18.3 Å². The van der Waals surface area contributed by atoms with Crippen molar-refractivity contribution in [3.8, 4) is 5.75 Å². The number of aryl methyl sites for hydroxylation is 1. The first kappa shape index (κ1) is 11.6. The molecule has 0 atom stereocenters. The fourth-order valence-corrected chi connectivity index (χ4v) is 1.66. The van der Waals surface area contributed by atoms with E-state index in [1.165, 1.54) is 0 Å². The third-order valence-corrected chi connectivity index (χ3v) is 2.59. The molecule has 0 aliphatic carbocycles. The molecule has 1 aromatic carbocycles. The molecule has 5 nitrogen and oxygen atoms in total. The summed E-state index contributed by atoms with van der Waals surface area (Å²) in [5.74, 6) is 1.22. The molecule has 0 aliphatic heterocycles. The summed E-state index contributed by atoms with van der Waals surface area (Å²) in [4.78, 5) is 4.17. The smallest absolute Gasteiger partial charge is 0.140 e. The van der Waals surface area contributed by atoms with Gasteiger partial charge in [0.05, 0.1) is 6.54 Å². The lowest BCUT2D eigenvalue weighted by Crippen LogP contribution is -2.17. The molecule has 0 bridgehead atoms. The number of hydrogen-bond donors (Lipinski definition) is 2. The second kappa shape index (κ2) is 5.45. The van der Waals surface area contributed by atoms with Gasteiger partial charge in [0.15, 0.2) is 0 Å². The van der Waals surface area contributed by atoms with Gasteiger partial charge in [-0.1, -0.05) is 18.2 Å². The van der Waals surface area contributed by atoms with Gasteiger partial charge < -0.3 is 10.4 Å². The zero-order chi connectivity index (χ0) is 12.1. The second-order valence-electron chi connectivity index (χ2n) is 3.72. The Morgan fingerprint density at radius 2 is 2.12 bits per heavy atom. The SMILES string of the molecule is CCn1ncnc1CNCc1ccccc1O. The Morgan fingerprint density at radius 3 is 2.88 bits per heavy atom. The van der Waals surface area contributed by atoms with E-state index in [0.29, 0.717) is 18.8 Å². The number of aromatic nitrogens is 3. The van der Waals surface area contributed by atoms with E-state index in [0.717, 1.165) is 17.9 Å². The average molecular weight is 232 g/mol. The van der Waals surface area contributed by atoms with E-state index in [1.807, 2.05) is 29.8 Å². The molecule has 0 radical (unpaired) electrons. The Labute approximate surface area is 100 Å². The largest absolute Gasteiger partial charge is 0.508 e. The van der Waals surface area contributed by atoms with Crippen molar-refractivity contribution in [3.05, 3.63) is 42.0 Å². The van der Waals surface area contributed by atoms with Gasteiger partial charge in [0.1, 0.15) is 17.9 Å². The Balaban J connectivity index is 1.90. The Morgan fingerprint density at radius 1 is 1.29 bits per heavy atom. The highest BCUT2D eigenvalue weighted by molar-refractivity contribution is 5.31. The molecule has 90 valence electrons. The number of para-hydroxylation sites is 1. The topological polar surface area (TPSA) is 63.0 Å². The van der Waals surface area contributed by atoms with Crippen LogP contribution in [-0.2, 0) is 19.6 Å². The van der Waals surface area contributed by atoms with E-state index in [9.17, 15) is 5.11 Å². The first-order valence-corrected chi connectivity index (χ1v) is 5.65. The van der Waals surface area contributed by atoms with Crippen molar-refractivity contribution in [1.29, 1.82) is 0 Å². The minimum atomic E-state index is 0.317. The van der Waals surface area contributed by atoms with Crippen molar-refractivity contribution in [1.82, 2.24) is 20.1 Å². The van der Waals surface area contributed by atoms with Gasteiger partial charge in [-0.3, -0.25) is 0 Å². The summed E-state index contributed by atoms with van der Waals surface area (Å²) < 4.78 is 1.85. The molecule has 0 spiro atoms. The number of aromatic hydroxyl groups is 1. The summed E-state index contributed by atoms with van der Waals surface area (Å²) in [5.41, 5.74) is 0.884. The van der Waals surface area contributed by atoms with Crippen LogP contribution in [0, 0.1) is 0 Å². The number of phenols is 1. The zero-order valence-electron chi connectivity index (χ0n) is 9.80. The van der Waals surface area contributed by atoms with Crippen molar-refractivity contribution < 1.29 is 5.11 Å². The maximum absolute atomic E-state index is 9.60. The monoisotopic (exact) mass is 232 g/mol. The van der Waals surface area contributed by atoms with Gasteiger partial charge in [-0.15, -0.1) is 0 Å². The average Bonchev–Trinajstić information content (AvgIpc) is 2.79. The number of rotatable bonds is 5. The van der Waals surface area contributed by atoms with Gasteiger partial charge in [0, 0.05) is 18.7 Å². The summed E-state index contributed by atoms with van der Waals surface area (Å²) in [5, 5.41) is 16.9. The van der Waals surface area contributed by atoms with E-state index >= 15 is 0 Å². The van der Waals surface area contributed by atoms with Crippen LogP contribution in [0.2, 0.25) is 0 Å².